The van der Waals surface area contributed by atoms with Crippen molar-refractivity contribution in [1.29, 1.82) is 0 Å². The average Bonchev–Trinajstić information content (AvgIpc) is 2.93. The maximum absolute atomic E-state index is 12.1. The Labute approximate surface area is 94.8 Å². The second-order valence-electron chi connectivity index (χ2n) is 5.28. The van der Waals surface area contributed by atoms with Gasteiger partial charge in [0.25, 0.3) is 0 Å². The summed E-state index contributed by atoms with van der Waals surface area (Å²) in [5.41, 5.74) is 1.35. The van der Waals surface area contributed by atoms with Gasteiger partial charge in [-0.05, 0) is 38.0 Å². The minimum Gasteiger partial charge on any atom is -0.466 e. The van der Waals surface area contributed by atoms with E-state index >= 15 is 0 Å². The molecule has 3 rings (SSSR count). The number of ketones is 1. The van der Waals surface area contributed by atoms with E-state index < -0.39 is 0 Å². The predicted molar refractivity (Wildman–Crippen MR) is 57.5 cm³/mol. The van der Waals surface area contributed by atoms with Crippen molar-refractivity contribution in [2.45, 2.75) is 26.2 Å². The highest BCUT2D eigenvalue weighted by Crippen LogP contribution is 2.59. The molecule has 0 aromatic rings. The molecule has 0 heterocycles. The summed E-state index contributed by atoms with van der Waals surface area (Å²) >= 11 is 0. The first-order chi connectivity index (χ1) is 7.65. The first-order valence-electron chi connectivity index (χ1n) is 5.98. The predicted octanol–water partition coefficient (Wildman–Crippen LogP) is 1.72. The smallest absolute Gasteiger partial charge is 0.334 e. The quantitative estimate of drug-likeness (QED) is 0.632. The maximum atomic E-state index is 12.1. The number of hydrogen-bond donors (Lipinski definition) is 0. The molecule has 0 aromatic heterocycles. The van der Waals surface area contributed by atoms with Crippen molar-refractivity contribution in [3.05, 3.63) is 11.1 Å². The molecule has 2 bridgehead atoms. The Balaban J connectivity index is 2.04. The Morgan fingerprint density at radius 2 is 1.88 bits per heavy atom. The van der Waals surface area contributed by atoms with Crippen LogP contribution in [0.2, 0.25) is 0 Å². The van der Waals surface area contributed by atoms with Crippen molar-refractivity contribution in [3.63, 3.8) is 0 Å². The summed E-state index contributed by atoms with van der Waals surface area (Å²) in [6.07, 6.45) is 3.47. The van der Waals surface area contributed by atoms with E-state index in [2.05, 4.69) is 0 Å². The van der Waals surface area contributed by atoms with Gasteiger partial charge in [0, 0.05) is 23.0 Å². The molecule has 3 heteroatoms. The zero-order chi connectivity index (χ0) is 11.4. The van der Waals surface area contributed by atoms with Gasteiger partial charge >= 0.3 is 5.97 Å². The lowest BCUT2D eigenvalue weighted by Gasteiger charge is -2.24. The van der Waals surface area contributed by atoms with Gasteiger partial charge in [-0.3, -0.25) is 4.79 Å². The minimum atomic E-state index is -0.286. The van der Waals surface area contributed by atoms with Crippen LogP contribution in [-0.2, 0) is 14.3 Å². The number of Topliss-reactive ketones (excluding diaryl/α,β-unsaturated/α-hetero) is 1. The number of fused-ring (bicyclic) bond motifs is 5. The number of methoxy groups -OCH3 is 1. The van der Waals surface area contributed by atoms with Gasteiger partial charge in [-0.2, -0.15) is 0 Å². The van der Waals surface area contributed by atoms with Gasteiger partial charge in [-0.15, -0.1) is 0 Å². The lowest BCUT2D eigenvalue weighted by molar-refractivity contribution is -0.137. The zero-order valence-electron chi connectivity index (χ0n) is 9.66. The van der Waals surface area contributed by atoms with E-state index in [1.54, 1.807) is 6.92 Å². The van der Waals surface area contributed by atoms with Crippen LogP contribution in [0.15, 0.2) is 11.1 Å². The molecule has 86 valence electrons. The molecule has 0 amide bonds. The molecule has 2 saturated carbocycles. The summed E-state index contributed by atoms with van der Waals surface area (Å²) in [5.74, 6) is 1.28. The molecule has 0 spiro atoms. The standard InChI is InChI=1S/C13H16O3/c1-6-9(13(15)16-2)10-7-3-4-8(5-7)11(10)12(6)14/h7-8,10-11H,3-5H2,1-2H3/t7-,8+,10-,11-/m1/s1. The zero-order valence-corrected chi connectivity index (χ0v) is 9.66. The van der Waals surface area contributed by atoms with Gasteiger partial charge in [0.2, 0.25) is 0 Å². The second-order valence-corrected chi connectivity index (χ2v) is 5.28. The highest BCUT2D eigenvalue weighted by molar-refractivity contribution is 6.09. The summed E-state index contributed by atoms with van der Waals surface area (Å²) < 4.78 is 4.82. The van der Waals surface area contributed by atoms with E-state index in [0.29, 0.717) is 23.0 Å². The van der Waals surface area contributed by atoms with Crippen LogP contribution in [0.5, 0.6) is 0 Å². The van der Waals surface area contributed by atoms with Gasteiger partial charge < -0.3 is 4.74 Å². The van der Waals surface area contributed by atoms with Gasteiger partial charge in [0.1, 0.15) is 0 Å². The summed E-state index contributed by atoms with van der Waals surface area (Å²) in [5, 5.41) is 0. The van der Waals surface area contributed by atoms with Crippen LogP contribution >= 0.6 is 0 Å². The molecule has 3 aliphatic rings. The van der Waals surface area contributed by atoms with Crippen molar-refractivity contribution in [1.82, 2.24) is 0 Å². The van der Waals surface area contributed by atoms with Crippen LogP contribution in [0.1, 0.15) is 26.2 Å². The molecule has 16 heavy (non-hydrogen) atoms. The molecule has 0 aromatic carbocycles. The molecular weight excluding hydrogens is 204 g/mol. The van der Waals surface area contributed by atoms with Crippen molar-refractivity contribution in [2.24, 2.45) is 23.7 Å². The van der Waals surface area contributed by atoms with E-state index in [-0.39, 0.29) is 23.6 Å². The molecule has 0 aliphatic heterocycles. The largest absolute Gasteiger partial charge is 0.466 e. The molecule has 3 aliphatic carbocycles. The number of rotatable bonds is 1. The Morgan fingerprint density at radius 3 is 2.50 bits per heavy atom. The van der Waals surface area contributed by atoms with Gasteiger partial charge in [-0.1, -0.05) is 0 Å². The molecule has 2 fully saturated rings. The fourth-order valence-corrected chi connectivity index (χ4v) is 4.12. The van der Waals surface area contributed by atoms with Crippen LogP contribution < -0.4 is 0 Å². The minimum absolute atomic E-state index is 0.104. The van der Waals surface area contributed by atoms with Gasteiger partial charge in [-0.25, -0.2) is 4.79 Å². The number of carbonyl (C=O) groups excluding carboxylic acids is 2. The second kappa shape index (κ2) is 3.19. The van der Waals surface area contributed by atoms with Crippen LogP contribution in [0.25, 0.3) is 0 Å². The Morgan fingerprint density at radius 1 is 1.25 bits per heavy atom. The molecule has 0 radical (unpaired) electrons. The molecular formula is C13H16O3. The number of carbonyl (C=O) groups is 2. The van der Waals surface area contributed by atoms with E-state index in [9.17, 15) is 9.59 Å². The van der Waals surface area contributed by atoms with Crippen LogP contribution in [-0.4, -0.2) is 18.9 Å². The first-order valence-corrected chi connectivity index (χ1v) is 5.98. The molecule has 4 atom stereocenters. The molecule has 0 unspecified atom stereocenters. The Hall–Kier alpha value is -1.12. The Bertz CT molecular complexity index is 407. The molecule has 0 N–H and O–H groups in total. The van der Waals surface area contributed by atoms with Crippen molar-refractivity contribution in [2.75, 3.05) is 7.11 Å². The van der Waals surface area contributed by atoms with Gasteiger partial charge in [0.05, 0.1) is 7.11 Å². The third kappa shape index (κ3) is 1.04. The van der Waals surface area contributed by atoms with Crippen molar-refractivity contribution >= 4 is 11.8 Å². The lowest BCUT2D eigenvalue weighted by atomic mass is 9.78. The fraction of sp³-hybridized carbons (Fsp3) is 0.692. The third-order valence-corrected chi connectivity index (χ3v) is 4.73. The van der Waals surface area contributed by atoms with Crippen molar-refractivity contribution < 1.29 is 14.3 Å². The van der Waals surface area contributed by atoms with Crippen LogP contribution in [0.4, 0.5) is 0 Å². The highest BCUT2D eigenvalue weighted by atomic mass is 16.5. The first kappa shape index (κ1) is 10.1. The van der Waals surface area contributed by atoms with Crippen LogP contribution in [0.3, 0.4) is 0 Å². The topological polar surface area (TPSA) is 43.4 Å². The third-order valence-electron chi connectivity index (χ3n) is 4.73. The number of ether oxygens (including phenoxy) is 1. The molecule has 3 nitrogen and oxygen atoms in total. The van der Waals surface area contributed by atoms with E-state index in [1.165, 1.54) is 20.0 Å². The summed E-state index contributed by atoms with van der Waals surface area (Å²) in [6, 6.07) is 0. The average molecular weight is 220 g/mol. The SMILES string of the molecule is COC(=O)C1=C(C)C(=O)[C@@H]2[C@H]3CC[C@H](C3)[C@H]12. The molecule has 0 saturated heterocycles. The summed E-state index contributed by atoms with van der Waals surface area (Å²) in [7, 11) is 1.40. The fourth-order valence-electron chi connectivity index (χ4n) is 4.12. The normalized spacial score (nSPS) is 40.5. The highest BCUT2D eigenvalue weighted by Gasteiger charge is 2.57. The number of allylic oxidation sites excluding steroid dienone is 1. The summed E-state index contributed by atoms with van der Waals surface area (Å²) in [6.45, 7) is 1.78. The van der Waals surface area contributed by atoms with E-state index in [0.717, 1.165) is 6.42 Å². The lowest BCUT2D eigenvalue weighted by Crippen LogP contribution is -2.26. The maximum Gasteiger partial charge on any atom is 0.334 e. The number of hydrogen-bond acceptors (Lipinski definition) is 3. The van der Waals surface area contributed by atoms with E-state index in [1.807, 2.05) is 0 Å². The number of esters is 1. The van der Waals surface area contributed by atoms with Crippen molar-refractivity contribution in [3.8, 4) is 0 Å². The Kier molecular flexibility index (Phi) is 2.00. The van der Waals surface area contributed by atoms with Crippen LogP contribution in [0, 0.1) is 23.7 Å². The summed E-state index contributed by atoms with van der Waals surface area (Å²) in [4.78, 5) is 23.9. The van der Waals surface area contributed by atoms with E-state index in [4.69, 9.17) is 4.74 Å². The monoisotopic (exact) mass is 220 g/mol. The van der Waals surface area contributed by atoms with Gasteiger partial charge in [0.15, 0.2) is 5.78 Å².